The molecule has 2 aromatic rings. The summed E-state index contributed by atoms with van der Waals surface area (Å²) in [7, 11) is 0. The second-order valence-electron chi connectivity index (χ2n) is 3.32. The van der Waals surface area contributed by atoms with Crippen molar-refractivity contribution in [1.29, 1.82) is 0 Å². The lowest BCUT2D eigenvalue weighted by atomic mass is 10.0. The van der Waals surface area contributed by atoms with Crippen molar-refractivity contribution in [3.63, 3.8) is 0 Å². The van der Waals surface area contributed by atoms with Crippen LogP contribution in [0.4, 0.5) is 0 Å². The van der Waals surface area contributed by atoms with Crippen molar-refractivity contribution >= 4 is 16.7 Å². The molecule has 0 aromatic heterocycles. The lowest BCUT2D eigenvalue weighted by Gasteiger charge is -2.05. The van der Waals surface area contributed by atoms with Crippen LogP contribution in [0.5, 0.6) is 0 Å². The Morgan fingerprint density at radius 1 is 1.13 bits per heavy atom. The minimum atomic E-state index is -1.01. The van der Waals surface area contributed by atoms with Gasteiger partial charge in [-0.25, -0.2) is 4.79 Å². The molecular weight excluding hydrogens is 192 g/mol. The first-order valence-corrected chi connectivity index (χ1v) is 4.58. The maximum Gasteiger partial charge on any atom is 0.336 e. The van der Waals surface area contributed by atoms with Gasteiger partial charge in [-0.15, -0.1) is 0 Å². The topological polar surface area (TPSA) is 57.5 Å². The van der Waals surface area contributed by atoms with Crippen LogP contribution in [0.3, 0.4) is 0 Å². The largest absolute Gasteiger partial charge is 0.478 e. The zero-order valence-electron chi connectivity index (χ0n) is 7.97. The van der Waals surface area contributed by atoms with E-state index in [1.807, 2.05) is 24.3 Å². The number of aliphatic hydroxyl groups excluding tert-OH is 1. The van der Waals surface area contributed by atoms with Gasteiger partial charge < -0.3 is 10.2 Å². The van der Waals surface area contributed by atoms with Gasteiger partial charge in [-0.05, 0) is 28.5 Å². The summed E-state index contributed by atoms with van der Waals surface area (Å²) in [5.74, 6) is -1.01. The molecule has 2 N–H and O–H groups in total. The molecule has 3 heteroatoms. The molecule has 0 fully saturated rings. The number of aliphatic hydroxyl groups is 1. The third-order valence-electron chi connectivity index (χ3n) is 2.37. The van der Waals surface area contributed by atoms with Gasteiger partial charge in [-0.1, -0.05) is 24.3 Å². The molecule has 15 heavy (non-hydrogen) atoms. The minimum absolute atomic E-state index is 0.163. The lowest BCUT2D eigenvalue weighted by Crippen LogP contribution is -2.02. The van der Waals surface area contributed by atoms with E-state index < -0.39 is 5.97 Å². The Bertz CT molecular complexity index is 517. The number of fused-ring (bicyclic) bond motifs is 1. The molecule has 0 spiro atoms. The van der Waals surface area contributed by atoms with Crippen molar-refractivity contribution < 1.29 is 15.0 Å². The predicted molar refractivity (Wildman–Crippen MR) is 56.8 cm³/mol. The number of aromatic carboxylic acids is 1. The van der Waals surface area contributed by atoms with Crippen molar-refractivity contribution in [3.8, 4) is 0 Å². The quantitative estimate of drug-likeness (QED) is 0.783. The molecule has 0 atom stereocenters. The SMILES string of the molecule is O=C(O)c1cc2ccccc2cc1CO. The van der Waals surface area contributed by atoms with Crippen molar-refractivity contribution in [2.24, 2.45) is 0 Å². The first-order chi connectivity index (χ1) is 7.22. The number of carboxylic acids is 1. The molecule has 0 bridgehead atoms. The Balaban J connectivity index is 2.74. The number of hydrogen-bond donors (Lipinski definition) is 2. The van der Waals surface area contributed by atoms with Crippen LogP contribution in [0.15, 0.2) is 36.4 Å². The fraction of sp³-hybridized carbons (Fsp3) is 0.0833. The van der Waals surface area contributed by atoms with Crippen LogP contribution in [0.1, 0.15) is 15.9 Å². The predicted octanol–water partition coefficient (Wildman–Crippen LogP) is 2.03. The van der Waals surface area contributed by atoms with E-state index in [2.05, 4.69) is 0 Å². The molecule has 0 heterocycles. The average Bonchev–Trinajstić information content (AvgIpc) is 2.27. The Kier molecular flexibility index (Phi) is 2.39. The van der Waals surface area contributed by atoms with Crippen molar-refractivity contribution in [1.82, 2.24) is 0 Å². The van der Waals surface area contributed by atoms with E-state index in [1.165, 1.54) is 0 Å². The summed E-state index contributed by atoms with van der Waals surface area (Å²) in [6.07, 6.45) is 0. The average molecular weight is 202 g/mol. The van der Waals surface area contributed by atoms with Gasteiger partial charge in [0, 0.05) is 0 Å². The van der Waals surface area contributed by atoms with E-state index in [0.29, 0.717) is 5.56 Å². The van der Waals surface area contributed by atoms with Gasteiger partial charge in [-0.2, -0.15) is 0 Å². The monoisotopic (exact) mass is 202 g/mol. The number of benzene rings is 2. The third-order valence-corrected chi connectivity index (χ3v) is 2.37. The van der Waals surface area contributed by atoms with Gasteiger partial charge in [0.2, 0.25) is 0 Å². The van der Waals surface area contributed by atoms with Gasteiger partial charge in [0.05, 0.1) is 12.2 Å². The van der Waals surface area contributed by atoms with Crippen molar-refractivity contribution in [2.45, 2.75) is 6.61 Å². The highest BCUT2D eigenvalue weighted by atomic mass is 16.4. The van der Waals surface area contributed by atoms with E-state index in [1.54, 1.807) is 12.1 Å². The molecule has 0 aliphatic heterocycles. The number of carbonyl (C=O) groups is 1. The minimum Gasteiger partial charge on any atom is -0.478 e. The summed E-state index contributed by atoms with van der Waals surface area (Å²) in [5.41, 5.74) is 0.609. The highest BCUT2D eigenvalue weighted by Crippen LogP contribution is 2.20. The Hall–Kier alpha value is -1.87. The molecule has 2 rings (SSSR count). The molecule has 0 aliphatic rings. The molecule has 0 saturated carbocycles. The molecular formula is C12H10O3. The van der Waals surface area contributed by atoms with Gasteiger partial charge in [-0.3, -0.25) is 0 Å². The summed E-state index contributed by atoms with van der Waals surface area (Å²) in [6, 6.07) is 10.8. The first kappa shape index (κ1) is 9.68. The van der Waals surface area contributed by atoms with Crippen LogP contribution in [0.2, 0.25) is 0 Å². The third kappa shape index (κ3) is 1.69. The summed E-state index contributed by atoms with van der Waals surface area (Å²) in [4.78, 5) is 10.9. The fourth-order valence-corrected chi connectivity index (χ4v) is 1.62. The normalized spacial score (nSPS) is 10.5. The summed E-state index contributed by atoms with van der Waals surface area (Å²) in [6.45, 7) is -0.257. The molecule has 3 nitrogen and oxygen atoms in total. The van der Waals surface area contributed by atoms with E-state index in [-0.39, 0.29) is 12.2 Å². The van der Waals surface area contributed by atoms with Gasteiger partial charge in [0.25, 0.3) is 0 Å². The summed E-state index contributed by atoms with van der Waals surface area (Å²) < 4.78 is 0. The first-order valence-electron chi connectivity index (χ1n) is 4.58. The van der Waals surface area contributed by atoms with Crippen LogP contribution in [0.25, 0.3) is 10.8 Å². The molecule has 0 saturated heterocycles. The molecule has 0 aliphatic carbocycles. The second kappa shape index (κ2) is 3.71. The van der Waals surface area contributed by atoms with Crippen LogP contribution in [0, 0.1) is 0 Å². The van der Waals surface area contributed by atoms with Crippen LogP contribution < -0.4 is 0 Å². The highest BCUT2D eigenvalue weighted by Gasteiger charge is 2.10. The summed E-state index contributed by atoms with van der Waals surface area (Å²) >= 11 is 0. The lowest BCUT2D eigenvalue weighted by molar-refractivity contribution is 0.0693. The van der Waals surface area contributed by atoms with Crippen LogP contribution in [-0.2, 0) is 6.61 Å². The van der Waals surface area contributed by atoms with E-state index in [9.17, 15) is 4.79 Å². The van der Waals surface area contributed by atoms with Crippen LogP contribution >= 0.6 is 0 Å². The number of carboxylic acid groups (broad SMARTS) is 1. The van der Waals surface area contributed by atoms with Gasteiger partial charge in [0.15, 0.2) is 0 Å². The maximum absolute atomic E-state index is 10.9. The molecule has 0 radical (unpaired) electrons. The molecule has 0 unspecified atom stereocenters. The maximum atomic E-state index is 10.9. The fourth-order valence-electron chi connectivity index (χ4n) is 1.62. The Labute approximate surface area is 86.6 Å². The van der Waals surface area contributed by atoms with E-state index >= 15 is 0 Å². The number of hydrogen-bond acceptors (Lipinski definition) is 2. The van der Waals surface area contributed by atoms with Gasteiger partial charge >= 0.3 is 5.97 Å². The van der Waals surface area contributed by atoms with E-state index in [4.69, 9.17) is 10.2 Å². The van der Waals surface area contributed by atoms with E-state index in [0.717, 1.165) is 10.8 Å². The zero-order chi connectivity index (χ0) is 10.8. The molecule has 2 aromatic carbocycles. The smallest absolute Gasteiger partial charge is 0.336 e. The standard InChI is InChI=1S/C12H10O3/c13-7-10-5-8-3-1-2-4-9(8)6-11(10)12(14)15/h1-6,13H,7H2,(H,14,15). The van der Waals surface area contributed by atoms with Crippen molar-refractivity contribution in [3.05, 3.63) is 47.5 Å². The highest BCUT2D eigenvalue weighted by molar-refractivity contribution is 5.96. The Morgan fingerprint density at radius 2 is 1.73 bits per heavy atom. The zero-order valence-corrected chi connectivity index (χ0v) is 7.97. The van der Waals surface area contributed by atoms with Crippen LogP contribution in [-0.4, -0.2) is 16.2 Å². The van der Waals surface area contributed by atoms with Gasteiger partial charge in [0.1, 0.15) is 0 Å². The molecule has 76 valence electrons. The van der Waals surface area contributed by atoms with Crippen molar-refractivity contribution in [2.75, 3.05) is 0 Å². The summed E-state index contributed by atoms with van der Waals surface area (Å²) in [5, 5.41) is 19.8. The Morgan fingerprint density at radius 3 is 2.27 bits per heavy atom. The number of rotatable bonds is 2. The molecule has 0 amide bonds. The second-order valence-corrected chi connectivity index (χ2v) is 3.32.